The Morgan fingerprint density at radius 2 is 1.67 bits per heavy atom. The van der Waals surface area contributed by atoms with Crippen molar-refractivity contribution >= 4 is 32.7 Å². The van der Waals surface area contributed by atoms with Crippen LogP contribution in [0.3, 0.4) is 0 Å². The predicted octanol–water partition coefficient (Wildman–Crippen LogP) is 3.17. The Kier molecular flexibility index (Phi) is 5.20. The molecule has 4 rings (SSSR count). The van der Waals surface area contributed by atoms with Crippen molar-refractivity contribution in [2.75, 3.05) is 5.73 Å². The first-order valence-corrected chi connectivity index (χ1v) is 10.7. The maximum atomic E-state index is 13.0. The minimum atomic E-state index is -3.73. The van der Waals surface area contributed by atoms with Crippen LogP contribution in [0.4, 0.5) is 10.5 Å². The van der Waals surface area contributed by atoms with E-state index < -0.39 is 15.9 Å². The number of hydrogen-bond donors (Lipinski definition) is 1. The minimum Gasteiger partial charge on any atom is -0.443 e. The standard InChI is InChI=1S/C21H18N4O4S/c22-17-11-9-16(10-12-17)14-30(27,28)19-8-4-7-18-20(19)23-24-25(18)21(26)29-13-15-5-2-1-3-6-15/h1-12H,13-14,22H2. The number of carbonyl (C=O) groups is 1. The topological polar surface area (TPSA) is 117 Å². The van der Waals surface area contributed by atoms with E-state index in [1.54, 1.807) is 36.4 Å². The second-order valence-corrected chi connectivity index (χ2v) is 8.62. The van der Waals surface area contributed by atoms with Gasteiger partial charge in [-0.3, -0.25) is 0 Å². The van der Waals surface area contributed by atoms with E-state index in [4.69, 9.17) is 10.5 Å². The fraction of sp³-hybridized carbons (Fsp3) is 0.0952. The molecule has 0 spiro atoms. The van der Waals surface area contributed by atoms with Crippen LogP contribution >= 0.6 is 0 Å². The summed E-state index contributed by atoms with van der Waals surface area (Å²) < 4.78 is 32.2. The lowest BCUT2D eigenvalue weighted by Gasteiger charge is -2.07. The number of hydrogen-bond acceptors (Lipinski definition) is 7. The van der Waals surface area contributed by atoms with Crippen molar-refractivity contribution in [1.29, 1.82) is 0 Å². The first-order chi connectivity index (χ1) is 14.4. The molecular weight excluding hydrogens is 404 g/mol. The number of rotatable bonds is 5. The zero-order chi connectivity index (χ0) is 21.1. The summed E-state index contributed by atoms with van der Waals surface area (Å²) in [5, 5.41) is 7.74. The summed E-state index contributed by atoms with van der Waals surface area (Å²) in [6.45, 7) is 0.0656. The van der Waals surface area contributed by atoms with Crippen LogP contribution in [0.25, 0.3) is 11.0 Å². The Morgan fingerprint density at radius 1 is 0.933 bits per heavy atom. The minimum absolute atomic E-state index is 0.000987. The number of nitrogens with two attached hydrogens (primary N) is 1. The van der Waals surface area contributed by atoms with Crippen molar-refractivity contribution < 1.29 is 17.9 Å². The smallest absolute Gasteiger partial charge is 0.437 e. The molecule has 30 heavy (non-hydrogen) atoms. The molecule has 0 aliphatic rings. The number of fused-ring (bicyclic) bond motifs is 1. The summed E-state index contributed by atoms with van der Waals surface area (Å²) in [7, 11) is -3.73. The molecule has 8 nitrogen and oxygen atoms in total. The van der Waals surface area contributed by atoms with E-state index in [0.717, 1.165) is 10.2 Å². The maximum absolute atomic E-state index is 13.0. The highest BCUT2D eigenvalue weighted by molar-refractivity contribution is 7.90. The zero-order valence-corrected chi connectivity index (χ0v) is 16.6. The highest BCUT2D eigenvalue weighted by Gasteiger charge is 2.23. The molecular formula is C21H18N4O4S. The van der Waals surface area contributed by atoms with Crippen molar-refractivity contribution in [2.45, 2.75) is 17.3 Å². The number of benzene rings is 3. The lowest BCUT2D eigenvalue weighted by Crippen LogP contribution is -2.15. The molecule has 0 unspecified atom stereocenters. The third kappa shape index (κ3) is 4.01. The molecule has 0 amide bonds. The van der Waals surface area contributed by atoms with E-state index in [9.17, 15) is 13.2 Å². The number of ether oxygens (including phenoxy) is 1. The van der Waals surface area contributed by atoms with E-state index in [1.807, 2.05) is 30.3 Å². The molecule has 0 aliphatic carbocycles. The second-order valence-electron chi connectivity index (χ2n) is 6.67. The van der Waals surface area contributed by atoms with Crippen LogP contribution in [-0.4, -0.2) is 29.5 Å². The van der Waals surface area contributed by atoms with E-state index in [0.29, 0.717) is 11.3 Å². The summed E-state index contributed by atoms with van der Waals surface area (Å²) in [6, 6.07) is 20.4. The monoisotopic (exact) mass is 422 g/mol. The highest BCUT2D eigenvalue weighted by atomic mass is 32.2. The van der Waals surface area contributed by atoms with Crippen molar-refractivity contribution in [2.24, 2.45) is 0 Å². The number of nitrogens with zero attached hydrogens (tertiary/aromatic N) is 3. The van der Waals surface area contributed by atoms with E-state index >= 15 is 0 Å². The van der Waals surface area contributed by atoms with Crippen LogP contribution in [-0.2, 0) is 26.9 Å². The number of carbonyl (C=O) groups excluding carboxylic acids is 1. The molecule has 0 atom stereocenters. The van der Waals surface area contributed by atoms with Crippen LogP contribution in [0, 0.1) is 0 Å². The molecule has 3 aromatic carbocycles. The zero-order valence-electron chi connectivity index (χ0n) is 15.8. The van der Waals surface area contributed by atoms with Gasteiger partial charge in [0.05, 0.1) is 10.6 Å². The van der Waals surface area contributed by atoms with Crippen molar-refractivity contribution in [3.8, 4) is 0 Å². The number of sulfone groups is 1. The van der Waals surface area contributed by atoms with Crippen LogP contribution in [0.15, 0.2) is 77.7 Å². The van der Waals surface area contributed by atoms with Gasteiger partial charge in [-0.1, -0.05) is 53.7 Å². The van der Waals surface area contributed by atoms with Gasteiger partial charge in [-0.15, -0.1) is 9.78 Å². The molecule has 0 radical (unpaired) electrons. The first kappa shape index (κ1) is 19.6. The first-order valence-electron chi connectivity index (χ1n) is 9.07. The van der Waals surface area contributed by atoms with Crippen LogP contribution < -0.4 is 5.73 Å². The maximum Gasteiger partial charge on any atom is 0.437 e. The highest BCUT2D eigenvalue weighted by Crippen LogP contribution is 2.24. The van der Waals surface area contributed by atoms with Gasteiger partial charge in [0.25, 0.3) is 0 Å². The average molecular weight is 422 g/mol. The molecule has 9 heteroatoms. The average Bonchev–Trinajstić information content (AvgIpc) is 3.18. The number of anilines is 1. The van der Waals surface area contributed by atoms with E-state index in [-0.39, 0.29) is 28.3 Å². The second kappa shape index (κ2) is 7.96. The Bertz CT molecular complexity index is 1300. The number of aromatic nitrogens is 3. The van der Waals surface area contributed by atoms with Crippen LogP contribution in [0.1, 0.15) is 11.1 Å². The van der Waals surface area contributed by atoms with Gasteiger partial charge in [0.2, 0.25) is 0 Å². The Morgan fingerprint density at radius 3 is 2.40 bits per heavy atom. The molecule has 152 valence electrons. The summed E-state index contributed by atoms with van der Waals surface area (Å²) in [4.78, 5) is 12.5. The normalized spacial score (nSPS) is 11.5. The summed E-state index contributed by atoms with van der Waals surface area (Å²) in [6.07, 6.45) is -0.741. The van der Waals surface area contributed by atoms with Gasteiger partial charge in [-0.2, -0.15) is 0 Å². The third-order valence-corrected chi connectivity index (χ3v) is 6.20. The fourth-order valence-corrected chi connectivity index (χ4v) is 4.51. The molecule has 0 saturated heterocycles. The quantitative estimate of drug-likeness (QED) is 0.491. The van der Waals surface area contributed by atoms with Gasteiger partial charge in [-0.05, 0) is 35.4 Å². The lowest BCUT2D eigenvalue weighted by molar-refractivity contribution is 0.138. The largest absolute Gasteiger partial charge is 0.443 e. The fourth-order valence-electron chi connectivity index (χ4n) is 3.00. The van der Waals surface area contributed by atoms with Crippen molar-refractivity contribution in [1.82, 2.24) is 15.0 Å². The van der Waals surface area contributed by atoms with Crippen LogP contribution in [0.2, 0.25) is 0 Å². The Hall–Kier alpha value is -3.72. The molecule has 4 aromatic rings. The van der Waals surface area contributed by atoms with Gasteiger partial charge >= 0.3 is 6.09 Å². The molecule has 1 heterocycles. The molecule has 1 aromatic heterocycles. The van der Waals surface area contributed by atoms with Crippen molar-refractivity contribution in [3.63, 3.8) is 0 Å². The SMILES string of the molecule is Nc1ccc(CS(=O)(=O)c2cccc3c2nnn3C(=O)OCc2ccccc2)cc1. The molecule has 2 N–H and O–H groups in total. The predicted molar refractivity (Wildman–Crippen MR) is 111 cm³/mol. The van der Waals surface area contributed by atoms with Gasteiger partial charge in [0.15, 0.2) is 9.84 Å². The van der Waals surface area contributed by atoms with Crippen LogP contribution in [0.5, 0.6) is 0 Å². The Balaban J connectivity index is 1.61. The summed E-state index contributed by atoms with van der Waals surface area (Å²) in [5.41, 5.74) is 7.99. The third-order valence-electron chi connectivity index (χ3n) is 4.49. The van der Waals surface area contributed by atoms with Gasteiger partial charge < -0.3 is 10.5 Å². The lowest BCUT2D eigenvalue weighted by atomic mass is 10.2. The van der Waals surface area contributed by atoms with Gasteiger partial charge in [-0.25, -0.2) is 13.2 Å². The molecule has 0 bridgehead atoms. The molecule has 0 fully saturated rings. The summed E-state index contributed by atoms with van der Waals surface area (Å²) in [5.74, 6) is -0.224. The van der Waals surface area contributed by atoms with Crippen molar-refractivity contribution in [3.05, 3.63) is 83.9 Å². The van der Waals surface area contributed by atoms with E-state index in [2.05, 4.69) is 10.3 Å². The van der Waals surface area contributed by atoms with E-state index in [1.165, 1.54) is 6.07 Å². The Labute approximate surface area is 172 Å². The number of nitrogen functional groups attached to an aromatic ring is 1. The summed E-state index contributed by atoms with van der Waals surface area (Å²) >= 11 is 0. The molecule has 0 aliphatic heterocycles. The molecule has 0 saturated carbocycles. The van der Waals surface area contributed by atoms with Gasteiger partial charge in [0.1, 0.15) is 17.6 Å². The van der Waals surface area contributed by atoms with Gasteiger partial charge in [0, 0.05) is 5.69 Å².